The van der Waals surface area contributed by atoms with Crippen LogP contribution in [0.2, 0.25) is 0 Å². The molecule has 1 unspecified atom stereocenters. The van der Waals surface area contributed by atoms with E-state index in [-0.39, 0.29) is 17.8 Å². The van der Waals surface area contributed by atoms with Gasteiger partial charge in [-0.25, -0.2) is 4.39 Å². The summed E-state index contributed by atoms with van der Waals surface area (Å²) in [5, 5.41) is 5.80. The van der Waals surface area contributed by atoms with Gasteiger partial charge in [-0.3, -0.25) is 4.79 Å². The molecular weight excluding hydrogens is 339 g/mol. The summed E-state index contributed by atoms with van der Waals surface area (Å²) in [6.07, 6.45) is 2.61. The minimum absolute atomic E-state index is 0.0719. The first-order valence-electron chi connectivity index (χ1n) is 6.62. The van der Waals surface area contributed by atoms with E-state index in [1.54, 1.807) is 19.4 Å². The van der Waals surface area contributed by atoms with E-state index >= 15 is 0 Å². The fourth-order valence-electron chi connectivity index (χ4n) is 2.63. The monoisotopic (exact) mass is 352 g/mol. The molecule has 21 heavy (non-hydrogen) atoms. The summed E-state index contributed by atoms with van der Waals surface area (Å²) in [5.74, 6) is -0.430. The molecule has 6 heteroatoms. The largest absolute Gasteiger partial charge is 0.457 e. The van der Waals surface area contributed by atoms with Crippen LogP contribution < -0.4 is 10.6 Å². The summed E-state index contributed by atoms with van der Waals surface area (Å²) < 4.78 is 20.2. The van der Waals surface area contributed by atoms with Crippen molar-refractivity contribution in [2.45, 2.75) is 18.9 Å². The van der Waals surface area contributed by atoms with Gasteiger partial charge >= 0.3 is 0 Å². The second-order valence-corrected chi connectivity index (χ2v) is 5.67. The number of aryl methyl sites for hydroxylation is 1. The number of nitrogens with one attached hydrogen (secondary N) is 2. The number of carbonyl (C=O) groups excluding carboxylic acids is 1. The van der Waals surface area contributed by atoms with Crippen LogP contribution in [-0.2, 0) is 11.2 Å². The lowest BCUT2D eigenvalue weighted by Gasteiger charge is -2.22. The maximum absolute atomic E-state index is 14.4. The molecule has 0 fully saturated rings. The number of benzene rings is 1. The van der Waals surface area contributed by atoms with E-state index in [9.17, 15) is 9.18 Å². The van der Waals surface area contributed by atoms with Crippen molar-refractivity contribution in [3.63, 3.8) is 0 Å². The molecule has 1 aromatic carbocycles. The molecule has 0 saturated heterocycles. The summed E-state index contributed by atoms with van der Waals surface area (Å²) in [4.78, 5) is 11.4. The molecule has 1 aliphatic rings. The molecule has 2 heterocycles. The van der Waals surface area contributed by atoms with Crippen molar-refractivity contribution in [3.8, 4) is 0 Å². The topological polar surface area (TPSA) is 54.3 Å². The van der Waals surface area contributed by atoms with Crippen LogP contribution in [-0.4, -0.2) is 13.0 Å². The van der Waals surface area contributed by atoms with Crippen LogP contribution in [0.25, 0.3) is 0 Å². The van der Waals surface area contributed by atoms with E-state index in [0.29, 0.717) is 28.8 Å². The molecular formula is C15H14BrFN2O2. The van der Waals surface area contributed by atoms with Crippen molar-refractivity contribution in [1.29, 1.82) is 0 Å². The highest BCUT2D eigenvalue weighted by Gasteiger charge is 2.24. The predicted octanol–water partition coefficient (Wildman–Crippen LogP) is 3.37. The van der Waals surface area contributed by atoms with Gasteiger partial charge in [-0.1, -0.05) is 0 Å². The van der Waals surface area contributed by atoms with Crippen molar-refractivity contribution in [1.82, 2.24) is 5.32 Å². The SMILES string of the molecule is CNC(c1cc2c(cc1F)NC(=O)CC2)c1ccoc1Br. The maximum Gasteiger partial charge on any atom is 0.224 e. The normalized spacial score (nSPS) is 15.5. The highest BCUT2D eigenvalue weighted by Crippen LogP contribution is 2.34. The molecule has 0 radical (unpaired) electrons. The van der Waals surface area contributed by atoms with Crippen molar-refractivity contribution >= 4 is 27.5 Å². The van der Waals surface area contributed by atoms with Gasteiger partial charge in [0.05, 0.1) is 12.3 Å². The van der Waals surface area contributed by atoms with Crippen LogP contribution in [0.4, 0.5) is 10.1 Å². The first kappa shape index (κ1) is 14.3. The Kier molecular flexibility index (Phi) is 3.82. The number of amides is 1. The second-order valence-electron chi connectivity index (χ2n) is 4.95. The van der Waals surface area contributed by atoms with Gasteiger partial charge in [0, 0.05) is 23.2 Å². The number of furan rings is 1. The van der Waals surface area contributed by atoms with E-state index in [1.807, 2.05) is 6.07 Å². The number of halogens is 2. The third kappa shape index (κ3) is 2.61. The molecule has 1 amide bonds. The van der Waals surface area contributed by atoms with Crippen molar-refractivity contribution in [2.24, 2.45) is 0 Å². The van der Waals surface area contributed by atoms with Crippen molar-refractivity contribution in [3.05, 3.63) is 51.6 Å². The summed E-state index contributed by atoms with van der Waals surface area (Å²) in [6.45, 7) is 0. The molecule has 0 saturated carbocycles. The number of fused-ring (bicyclic) bond motifs is 1. The molecule has 1 aliphatic heterocycles. The first-order valence-corrected chi connectivity index (χ1v) is 7.41. The maximum atomic E-state index is 14.4. The lowest BCUT2D eigenvalue weighted by atomic mass is 9.94. The quantitative estimate of drug-likeness (QED) is 0.890. The van der Waals surface area contributed by atoms with Crippen molar-refractivity contribution < 1.29 is 13.6 Å². The minimum Gasteiger partial charge on any atom is -0.457 e. The van der Waals surface area contributed by atoms with E-state index in [2.05, 4.69) is 26.6 Å². The molecule has 2 N–H and O–H groups in total. The fourth-order valence-corrected chi connectivity index (χ4v) is 3.10. The Hall–Kier alpha value is -1.66. The molecule has 1 atom stereocenters. The average Bonchev–Trinajstić information content (AvgIpc) is 2.87. The number of hydrogen-bond acceptors (Lipinski definition) is 3. The van der Waals surface area contributed by atoms with Crippen LogP contribution in [0.3, 0.4) is 0 Å². The number of carbonyl (C=O) groups is 1. The Balaban J connectivity index is 2.05. The lowest BCUT2D eigenvalue weighted by Crippen LogP contribution is -2.22. The number of hydrogen-bond donors (Lipinski definition) is 2. The Bertz CT molecular complexity index is 699. The predicted molar refractivity (Wildman–Crippen MR) is 80.7 cm³/mol. The molecule has 0 aliphatic carbocycles. The minimum atomic E-state index is -0.358. The lowest BCUT2D eigenvalue weighted by molar-refractivity contribution is -0.116. The molecule has 0 spiro atoms. The molecule has 110 valence electrons. The smallest absolute Gasteiger partial charge is 0.224 e. The summed E-state index contributed by atoms with van der Waals surface area (Å²) in [6, 6.07) is 4.68. The standard InChI is InChI=1S/C15H14BrFN2O2/c1-18-14(9-4-5-21-15(9)16)10-6-8-2-3-13(20)19-12(8)7-11(10)17/h4-7,14,18H,2-3H2,1H3,(H,19,20). The van der Waals surface area contributed by atoms with Gasteiger partial charge in [0.1, 0.15) is 5.82 Å². The summed E-state index contributed by atoms with van der Waals surface area (Å²) in [5.41, 5.74) is 2.88. The van der Waals surface area contributed by atoms with Crippen LogP contribution in [0.5, 0.6) is 0 Å². The van der Waals surface area contributed by atoms with Gasteiger partial charge in [0.2, 0.25) is 5.91 Å². The van der Waals surface area contributed by atoms with Crippen LogP contribution in [0, 0.1) is 5.82 Å². The molecule has 0 bridgehead atoms. The van der Waals surface area contributed by atoms with Crippen LogP contribution in [0.15, 0.2) is 33.5 Å². The van der Waals surface area contributed by atoms with E-state index in [1.165, 1.54) is 6.07 Å². The Labute approximate surface area is 129 Å². The van der Waals surface area contributed by atoms with E-state index in [0.717, 1.165) is 11.1 Å². The third-order valence-corrected chi connectivity index (χ3v) is 4.32. The first-order chi connectivity index (χ1) is 10.1. The second kappa shape index (κ2) is 5.61. The molecule has 3 rings (SSSR count). The highest BCUT2D eigenvalue weighted by molar-refractivity contribution is 9.10. The fraction of sp³-hybridized carbons (Fsp3) is 0.267. The van der Waals surface area contributed by atoms with Gasteiger partial charge in [-0.15, -0.1) is 0 Å². The number of anilines is 1. The molecule has 1 aromatic heterocycles. The molecule has 4 nitrogen and oxygen atoms in total. The summed E-state index contributed by atoms with van der Waals surface area (Å²) in [7, 11) is 1.77. The van der Waals surface area contributed by atoms with Crippen LogP contribution in [0.1, 0.15) is 29.2 Å². The van der Waals surface area contributed by atoms with Crippen molar-refractivity contribution in [2.75, 3.05) is 12.4 Å². The highest BCUT2D eigenvalue weighted by atomic mass is 79.9. The average molecular weight is 353 g/mol. The van der Waals surface area contributed by atoms with Gasteiger partial charge in [-0.05, 0) is 53.2 Å². The Morgan fingerprint density at radius 1 is 1.38 bits per heavy atom. The number of rotatable bonds is 3. The third-order valence-electron chi connectivity index (χ3n) is 3.67. The zero-order valence-corrected chi connectivity index (χ0v) is 13.0. The summed E-state index contributed by atoms with van der Waals surface area (Å²) >= 11 is 3.33. The van der Waals surface area contributed by atoms with Gasteiger partial charge < -0.3 is 15.1 Å². The Morgan fingerprint density at radius 3 is 2.86 bits per heavy atom. The van der Waals surface area contributed by atoms with E-state index < -0.39 is 0 Å². The van der Waals surface area contributed by atoms with Gasteiger partial charge in [0.25, 0.3) is 0 Å². The zero-order chi connectivity index (χ0) is 15.0. The molecule has 2 aromatic rings. The van der Waals surface area contributed by atoms with Crippen LogP contribution >= 0.6 is 15.9 Å². The zero-order valence-electron chi connectivity index (χ0n) is 11.4. The van der Waals surface area contributed by atoms with E-state index in [4.69, 9.17) is 4.42 Å². The Morgan fingerprint density at radius 2 is 2.19 bits per heavy atom. The van der Waals surface area contributed by atoms with Gasteiger partial charge in [-0.2, -0.15) is 0 Å². The van der Waals surface area contributed by atoms with Gasteiger partial charge in [0.15, 0.2) is 4.67 Å².